The van der Waals surface area contributed by atoms with Gasteiger partial charge in [-0.05, 0) is 42.6 Å². The van der Waals surface area contributed by atoms with E-state index in [1.54, 1.807) is 36.5 Å². The zero-order chi connectivity index (χ0) is 20.8. The normalized spacial score (nSPS) is 10.5. The number of hydrogen-bond acceptors (Lipinski definition) is 6. The summed E-state index contributed by atoms with van der Waals surface area (Å²) < 4.78 is 5.62. The van der Waals surface area contributed by atoms with Crippen LogP contribution in [0.25, 0.3) is 11.3 Å². The molecule has 0 spiro atoms. The van der Waals surface area contributed by atoms with Crippen molar-refractivity contribution in [3.05, 3.63) is 74.7 Å². The molecular formula is C20H19N3O5S. The van der Waals surface area contributed by atoms with Crippen LogP contribution >= 0.6 is 11.3 Å². The zero-order valence-electron chi connectivity index (χ0n) is 15.7. The van der Waals surface area contributed by atoms with Gasteiger partial charge < -0.3 is 14.6 Å². The molecule has 0 saturated heterocycles. The van der Waals surface area contributed by atoms with E-state index in [-0.39, 0.29) is 23.9 Å². The van der Waals surface area contributed by atoms with E-state index >= 15 is 0 Å². The number of hydrogen-bond donors (Lipinski definition) is 1. The molecule has 29 heavy (non-hydrogen) atoms. The Morgan fingerprint density at radius 3 is 2.55 bits per heavy atom. The molecule has 0 aliphatic rings. The van der Waals surface area contributed by atoms with Gasteiger partial charge in [0.05, 0.1) is 18.0 Å². The highest BCUT2D eigenvalue weighted by Gasteiger charge is 2.21. The fourth-order valence-corrected chi connectivity index (χ4v) is 3.31. The number of nitrogens with one attached hydrogen (secondary N) is 1. The minimum Gasteiger partial charge on any atom is -0.451 e. The number of amides is 2. The number of benzene rings is 1. The number of carbonyl (C=O) groups is 2. The van der Waals surface area contributed by atoms with Gasteiger partial charge in [-0.2, -0.15) is 0 Å². The first-order valence-electron chi connectivity index (χ1n) is 8.91. The maximum absolute atomic E-state index is 12.7. The molecule has 3 aromatic rings. The molecule has 9 heteroatoms. The molecule has 2 amide bonds. The summed E-state index contributed by atoms with van der Waals surface area (Å²) in [5.74, 6) is -0.129. The highest BCUT2D eigenvalue weighted by atomic mass is 32.1. The van der Waals surface area contributed by atoms with Crippen LogP contribution in [0.2, 0.25) is 0 Å². The van der Waals surface area contributed by atoms with Crippen LogP contribution in [0.4, 0.5) is 5.69 Å². The maximum atomic E-state index is 12.7. The average molecular weight is 413 g/mol. The Kier molecular flexibility index (Phi) is 6.40. The van der Waals surface area contributed by atoms with Gasteiger partial charge in [0, 0.05) is 29.1 Å². The van der Waals surface area contributed by atoms with Gasteiger partial charge in [-0.25, -0.2) is 0 Å². The van der Waals surface area contributed by atoms with Gasteiger partial charge in [0.15, 0.2) is 5.76 Å². The molecule has 0 radical (unpaired) electrons. The molecule has 2 heterocycles. The van der Waals surface area contributed by atoms with Crippen molar-refractivity contribution in [2.45, 2.75) is 13.5 Å². The number of nitro benzene ring substituents is 1. The lowest BCUT2D eigenvalue weighted by Crippen LogP contribution is -2.40. The fourth-order valence-electron chi connectivity index (χ4n) is 2.67. The van der Waals surface area contributed by atoms with Gasteiger partial charge in [0.1, 0.15) is 5.76 Å². The zero-order valence-corrected chi connectivity index (χ0v) is 16.5. The first kappa shape index (κ1) is 20.3. The van der Waals surface area contributed by atoms with Crippen molar-refractivity contribution in [2.75, 3.05) is 13.1 Å². The third-order valence-corrected chi connectivity index (χ3v) is 5.10. The number of rotatable bonds is 8. The smallest absolute Gasteiger partial charge is 0.290 e. The highest BCUT2D eigenvalue weighted by molar-refractivity contribution is 7.09. The summed E-state index contributed by atoms with van der Waals surface area (Å²) >= 11 is 1.55. The average Bonchev–Trinajstić information content (AvgIpc) is 3.42. The Balaban J connectivity index is 1.63. The minimum absolute atomic E-state index is 0.0256. The second kappa shape index (κ2) is 9.16. The van der Waals surface area contributed by atoms with Gasteiger partial charge in [-0.3, -0.25) is 19.7 Å². The van der Waals surface area contributed by atoms with Crippen LogP contribution in [0, 0.1) is 10.1 Å². The topological polar surface area (TPSA) is 106 Å². The molecule has 0 aliphatic heterocycles. The van der Waals surface area contributed by atoms with E-state index in [1.807, 2.05) is 17.5 Å². The largest absolute Gasteiger partial charge is 0.451 e. The van der Waals surface area contributed by atoms with E-state index in [1.165, 1.54) is 23.1 Å². The second-order valence-electron chi connectivity index (χ2n) is 6.14. The molecule has 2 aromatic heterocycles. The van der Waals surface area contributed by atoms with E-state index in [0.717, 1.165) is 4.88 Å². The first-order valence-corrected chi connectivity index (χ1v) is 9.79. The number of thiophene rings is 1. The van der Waals surface area contributed by atoms with Crippen molar-refractivity contribution in [1.29, 1.82) is 0 Å². The van der Waals surface area contributed by atoms with Crippen LogP contribution in [-0.4, -0.2) is 34.7 Å². The van der Waals surface area contributed by atoms with Crippen LogP contribution in [-0.2, 0) is 11.3 Å². The molecule has 0 bridgehead atoms. The predicted molar refractivity (Wildman–Crippen MR) is 109 cm³/mol. The summed E-state index contributed by atoms with van der Waals surface area (Å²) in [6, 6.07) is 12.8. The molecular weight excluding hydrogens is 394 g/mol. The first-order chi connectivity index (χ1) is 14.0. The quantitative estimate of drug-likeness (QED) is 0.448. The van der Waals surface area contributed by atoms with E-state index in [4.69, 9.17) is 4.42 Å². The summed E-state index contributed by atoms with van der Waals surface area (Å²) in [4.78, 5) is 37.6. The van der Waals surface area contributed by atoms with Crippen LogP contribution in [0.15, 0.2) is 58.3 Å². The highest BCUT2D eigenvalue weighted by Crippen LogP contribution is 2.25. The molecule has 0 fully saturated rings. The SMILES string of the molecule is CCN(CC(=O)NCc1cccs1)C(=O)c1ccc(-c2ccc([N+](=O)[O-])cc2)o1. The maximum Gasteiger partial charge on any atom is 0.290 e. The van der Waals surface area contributed by atoms with Gasteiger partial charge >= 0.3 is 0 Å². The number of nitro groups is 1. The van der Waals surface area contributed by atoms with Crippen LogP contribution in [0.5, 0.6) is 0 Å². The Morgan fingerprint density at radius 2 is 1.93 bits per heavy atom. The number of carbonyl (C=O) groups excluding carboxylic acids is 2. The van der Waals surface area contributed by atoms with Gasteiger partial charge in [0.2, 0.25) is 5.91 Å². The predicted octanol–water partition coefficient (Wildman–Crippen LogP) is 3.69. The van der Waals surface area contributed by atoms with E-state index in [0.29, 0.717) is 24.4 Å². The van der Waals surface area contributed by atoms with E-state index < -0.39 is 10.8 Å². The van der Waals surface area contributed by atoms with Gasteiger partial charge in [-0.15, -0.1) is 11.3 Å². The molecule has 0 aliphatic carbocycles. The molecule has 0 unspecified atom stereocenters. The summed E-state index contributed by atoms with van der Waals surface area (Å²) in [7, 11) is 0. The van der Waals surface area contributed by atoms with Crippen molar-refractivity contribution in [1.82, 2.24) is 10.2 Å². The second-order valence-corrected chi connectivity index (χ2v) is 7.18. The molecule has 150 valence electrons. The Bertz CT molecular complexity index is 996. The standard InChI is InChI=1S/C20H19N3O5S/c1-2-22(13-19(24)21-12-16-4-3-11-29-16)20(25)18-10-9-17(28-18)14-5-7-15(8-6-14)23(26)27/h3-11H,2,12-13H2,1H3,(H,21,24). The Hall–Kier alpha value is -3.46. The van der Waals surface area contributed by atoms with Crippen molar-refractivity contribution in [2.24, 2.45) is 0 Å². The third-order valence-electron chi connectivity index (χ3n) is 4.22. The lowest BCUT2D eigenvalue weighted by Gasteiger charge is -2.19. The summed E-state index contributed by atoms with van der Waals surface area (Å²) in [5, 5.41) is 15.5. The Morgan fingerprint density at radius 1 is 1.17 bits per heavy atom. The van der Waals surface area contributed by atoms with E-state index in [9.17, 15) is 19.7 Å². The number of nitrogens with zero attached hydrogens (tertiary/aromatic N) is 2. The van der Waals surface area contributed by atoms with Crippen molar-refractivity contribution in [3.63, 3.8) is 0 Å². The Labute approximate surface area is 170 Å². The fraction of sp³-hybridized carbons (Fsp3) is 0.200. The summed E-state index contributed by atoms with van der Waals surface area (Å²) in [5.41, 5.74) is 0.591. The summed E-state index contributed by atoms with van der Waals surface area (Å²) in [6.07, 6.45) is 0. The molecule has 1 N–H and O–H groups in total. The van der Waals surface area contributed by atoms with Gasteiger partial charge in [0.25, 0.3) is 11.6 Å². The van der Waals surface area contributed by atoms with Gasteiger partial charge in [-0.1, -0.05) is 6.07 Å². The lowest BCUT2D eigenvalue weighted by molar-refractivity contribution is -0.384. The summed E-state index contributed by atoms with van der Waals surface area (Å²) in [6.45, 7) is 2.48. The lowest BCUT2D eigenvalue weighted by atomic mass is 10.1. The monoisotopic (exact) mass is 413 g/mol. The minimum atomic E-state index is -0.483. The number of furan rings is 1. The molecule has 0 atom stereocenters. The third kappa shape index (κ3) is 5.08. The van der Waals surface area contributed by atoms with Crippen molar-refractivity contribution in [3.8, 4) is 11.3 Å². The number of non-ortho nitro benzene ring substituents is 1. The molecule has 1 aromatic carbocycles. The molecule has 8 nitrogen and oxygen atoms in total. The molecule has 3 rings (SSSR count). The molecule has 0 saturated carbocycles. The van der Waals surface area contributed by atoms with Crippen molar-refractivity contribution >= 4 is 28.8 Å². The van der Waals surface area contributed by atoms with Crippen LogP contribution < -0.4 is 5.32 Å². The van der Waals surface area contributed by atoms with Crippen LogP contribution in [0.1, 0.15) is 22.4 Å². The number of likely N-dealkylation sites (N-methyl/N-ethyl adjacent to an activating group) is 1. The van der Waals surface area contributed by atoms with E-state index in [2.05, 4.69) is 5.32 Å². The van der Waals surface area contributed by atoms with Crippen LogP contribution in [0.3, 0.4) is 0 Å². The van der Waals surface area contributed by atoms with Crippen molar-refractivity contribution < 1.29 is 18.9 Å².